The van der Waals surface area contributed by atoms with E-state index < -0.39 is 0 Å². The first-order valence-electron chi connectivity index (χ1n) is 10.7. The van der Waals surface area contributed by atoms with Crippen LogP contribution in [0.5, 0.6) is 0 Å². The van der Waals surface area contributed by atoms with Gasteiger partial charge in [-0.2, -0.15) is 0 Å². The number of fused-ring (bicyclic) bond motifs is 1. The number of carbonyl (C=O) groups excluding carboxylic acids is 2. The van der Waals surface area contributed by atoms with Crippen molar-refractivity contribution < 1.29 is 24.2 Å². The maximum atomic E-state index is 11.6. The van der Waals surface area contributed by atoms with Gasteiger partial charge in [0.1, 0.15) is 6.61 Å². The van der Waals surface area contributed by atoms with E-state index in [1.165, 1.54) is 19.6 Å². The molecular weight excluding hydrogens is 356 g/mol. The zero-order valence-corrected chi connectivity index (χ0v) is 18.3. The predicted molar refractivity (Wildman–Crippen MR) is 108 cm³/mol. The van der Waals surface area contributed by atoms with Gasteiger partial charge in [0.25, 0.3) is 0 Å². The highest BCUT2D eigenvalue weighted by Gasteiger charge is 2.53. The van der Waals surface area contributed by atoms with Crippen molar-refractivity contribution in [3.05, 3.63) is 11.6 Å². The molecule has 1 saturated carbocycles. The van der Waals surface area contributed by atoms with Gasteiger partial charge in [-0.05, 0) is 66.3 Å². The van der Waals surface area contributed by atoms with E-state index in [-0.39, 0.29) is 35.3 Å². The Hall–Kier alpha value is -1.36. The number of carbonyl (C=O) groups is 2. The van der Waals surface area contributed by atoms with Gasteiger partial charge in [0.05, 0.1) is 7.11 Å². The first-order chi connectivity index (χ1) is 13.2. The molecule has 0 aromatic rings. The molecule has 5 atom stereocenters. The van der Waals surface area contributed by atoms with Crippen LogP contribution in [0.3, 0.4) is 0 Å². The molecule has 0 aromatic heterocycles. The van der Waals surface area contributed by atoms with Crippen LogP contribution in [0.1, 0.15) is 72.6 Å². The number of aliphatic hydroxyl groups excluding tert-OH is 1. The Bertz CT molecular complexity index is 598. The van der Waals surface area contributed by atoms with Crippen LogP contribution in [0.15, 0.2) is 11.6 Å². The molecule has 160 valence electrons. The Morgan fingerprint density at radius 1 is 1.32 bits per heavy atom. The summed E-state index contributed by atoms with van der Waals surface area (Å²) in [6.07, 6.45) is 8.79. The van der Waals surface area contributed by atoms with Gasteiger partial charge in [0.2, 0.25) is 0 Å². The van der Waals surface area contributed by atoms with E-state index >= 15 is 0 Å². The average molecular weight is 395 g/mol. The first-order valence-corrected chi connectivity index (χ1v) is 10.7. The van der Waals surface area contributed by atoms with Crippen molar-refractivity contribution in [2.75, 3.05) is 20.3 Å². The molecule has 2 aliphatic rings. The molecule has 0 bridgehead atoms. The SMILES string of the molecule is COC(=O)CC(C)CCC1C(COC(C)=O)=CCC2C(C)(CO)CCCC12C. The van der Waals surface area contributed by atoms with E-state index in [9.17, 15) is 14.7 Å². The molecule has 2 aliphatic carbocycles. The minimum atomic E-state index is -0.255. The molecule has 0 heterocycles. The van der Waals surface area contributed by atoms with Gasteiger partial charge in [-0.1, -0.05) is 33.3 Å². The third-order valence-electron chi connectivity index (χ3n) is 7.45. The lowest BCUT2D eigenvalue weighted by atomic mass is 9.47. The van der Waals surface area contributed by atoms with Crippen molar-refractivity contribution in [1.82, 2.24) is 0 Å². The normalized spacial score (nSPS) is 33.4. The Kier molecular flexibility index (Phi) is 7.72. The van der Waals surface area contributed by atoms with E-state index in [4.69, 9.17) is 9.47 Å². The number of allylic oxidation sites excluding steroid dienone is 1. The summed E-state index contributed by atoms with van der Waals surface area (Å²) in [5.74, 6) is 0.549. The number of rotatable bonds is 8. The van der Waals surface area contributed by atoms with E-state index in [1.807, 2.05) is 0 Å². The second kappa shape index (κ2) is 9.43. The van der Waals surface area contributed by atoms with E-state index in [0.717, 1.165) is 38.5 Å². The highest BCUT2D eigenvalue weighted by Crippen LogP contribution is 2.60. The van der Waals surface area contributed by atoms with Crippen LogP contribution in [0.2, 0.25) is 0 Å². The van der Waals surface area contributed by atoms with Crippen LogP contribution >= 0.6 is 0 Å². The van der Waals surface area contributed by atoms with Crippen LogP contribution in [0.25, 0.3) is 0 Å². The molecule has 5 heteroatoms. The minimum Gasteiger partial charge on any atom is -0.469 e. The Morgan fingerprint density at radius 2 is 2.04 bits per heavy atom. The van der Waals surface area contributed by atoms with Crippen LogP contribution in [-0.2, 0) is 19.1 Å². The highest BCUT2D eigenvalue weighted by atomic mass is 16.5. The second-order valence-electron chi connectivity index (χ2n) is 9.53. The number of ether oxygens (including phenoxy) is 2. The first kappa shape index (κ1) is 22.9. The monoisotopic (exact) mass is 394 g/mol. The molecule has 0 aromatic carbocycles. The highest BCUT2D eigenvalue weighted by molar-refractivity contribution is 5.69. The topological polar surface area (TPSA) is 72.8 Å². The zero-order valence-electron chi connectivity index (χ0n) is 18.3. The Labute approximate surface area is 169 Å². The zero-order chi connectivity index (χ0) is 20.9. The smallest absolute Gasteiger partial charge is 0.305 e. The summed E-state index contributed by atoms with van der Waals surface area (Å²) < 4.78 is 10.2. The van der Waals surface area contributed by atoms with Crippen LogP contribution in [0, 0.1) is 28.6 Å². The average Bonchev–Trinajstić information content (AvgIpc) is 2.64. The molecule has 0 amide bonds. The third-order valence-corrected chi connectivity index (χ3v) is 7.45. The third kappa shape index (κ3) is 4.97. The quantitative estimate of drug-likeness (QED) is 0.491. The van der Waals surface area contributed by atoms with Crippen LogP contribution in [0.4, 0.5) is 0 Å². The lowest BCUT2D eigenvalue weighted by Gasteiger charge is -2.57. The van der Waals surface area contributed by atoms with Crippen LogP contribution < -0.4 is 0 Å². The van der Waals surface area contributed by atoms with E-state index in [1.54, 1.807) is 0 Å². The molecule has 28 heavy (non-hydrogen) atoms. The van der Waals surface area contributed by atoms with Gasteiger partial charge < -0.3 is 14.6 Å². The maximum absolute atomic E-state index is 11.6. The van der Waals surface area contributed by atoms with Gasteiger partial charge in [0.15, 0.2) is 0 Å². The minimum absolute atomic E-state index is 0.0631. The number of esters is 2. The molecule has 0 spiro atoms. The van der Waals surface area contributed by atoms with Crippen molar-refractivity contribution in [1.29, 1.82) is 0 Å². The summed E-state index contributed by atoms with van der Waals surface area (Å²) >= 11 is 0. The summed E-state index contributed by atoms with van der Waals surface area (Å²) in [6.45, 7) is 8.69. The van der Waals surface area contributed by atoms with Gasteiger partial charge in [-0.3, -0.25) is 9.59 Å². The largest absolute Gasteiger partial charge is 0.469 e. The van der Waals surface area contributed by atoms with E-state index in [2.05, 4.69) is 26.8 Å². The molecule has 2 rings (SSSR count). The Morgan fingerprint density at radius 3 is 2.64 bits per heavy atom. The molecule has 1 N–H and O–H groups in total. The molecule has 0 radical (unpaired) electrons. The Balaban J connectivity index is 2.23. The van der Waals surface area contributed by atoms with Crippen molar-refractivity contribution in [3.63, 3.8) is 0 Å². The standard InChI is InChI=1S/C23H38O5/c1-16(13-21(26)27-5)7-9-19-18(14-28-17(2)25)8-10-20-22(3,15-24)11-6-12-23(19,20)4/h8,16,19-20,24H,6-7,9-15H2,1-5H3. The molecular formula is C23H38O5. The van der Waals surface area contributed by atoms with Crippen molar-refractivity contribution in [3.8, 4) is 0 Å². The molecule has 5 unspecified atom stereocenters. The van der Waals surface area contributed by atoms with Crippen molar-refractivity contribution in [2.24, 2.45) is 28.6 Å². The summed E-state index contributed by atoms with van der Waals surface area (Å²) in [6, 6.07) is 0. The van der Waals surface area contributed by atoms with Gasteiger partial charge in [0, 0.05) is 20.0 Å². The summed E-state index contributed by atoms with van der Waals surface area (Å²) in [5, 5.41) is 10.1. The number of methoxy groups -OCH3 is 1. The predicted octanol–water partition coefficient (Wildman–Crippen LogP) is 4.28. The van der Waals surface area contributed by atoms with Gasteiger partial charge in [-0.25, -0.2) is 0 Å². The number of hydrogen-bond donors (Lipinski definition) is 1. The summed E-state index contributed by atoms with van der Waals surface area (Å²) in [5.41, 5.74) is 1.22. The lowest BCUT2D eigenvalue weighted by Crippen LogP contribution is -2.51. The van der Waals surface area contributed by atoms with Gasteiger partial charge >= 0.3 is 11.9 Å². The summed E-state index contributed by atoms with van der Waals surface area (Å²) in [7, 11) is 1.43. The molecule has 1 fully saturated rings. The number of hydrogen-bond acceptors (Lipinski definition) is 5. The van der Waals surface area contributed by atoms with Crippen molar-refractivity contribution in [2.45, 2.75) is 72.6 Å². The second-order valence-corrected chi connectivity index (χ2v) is 9.53. The molecule has 0 saturated heterocycles. The van der Waals surface area contributed by atoms with Crippen LogP contribution in [-0.4, -0.2) is 37.4 Å². The molecule has 0 aliphatic heterocycles. The summed E-state index contributed by atoms with van der Waals surface area (Å²) in [4.78, 5) is 23.0. The van der Waals surface area contributed by atoms with Gasteiger partial charge in [-0.15, -0.1) is 0 Å². The molecule has 5 nitrogen and oxygen atoms in total. The van der Waals surface area contributed by atoms with Crippen molar-refractivity contribution >= 4 is 11.9 Å². The lowest BCUT2D eigenvalue weighted by molar-refractivity contribution is -0.142. The number of aliphatic hydroxyl groups is 1. The fourth-order valence-corrected chi connectivity index (χ4v) is 5.79. The fourth-order valence-electron chi connectivity index (χ4n) is 5.79. The fraction of sp³-hybridized carbons (Fsp3) is 0.826. The maximum Gasteiger partial charge on any atom is 0.305 e. The van der Waals surface area contributed by atoms with E-state index in [0.29, 0.717) is 24.9 Å².